The molecule has 0 spiro atoms. The summed E-state index contributed by atoms with van der Waals surface area (Å²) < 4.78 is 53.1. The Bertz CT molecular complexity index is 1840. The Balaban J connectivity index is 1.26. The van der Waals surface area contributed by atoms with Crippen LogP contribution in [0.1, 0.15) is 61.1 Å². The van der Waals surface area contributed by atoms with Gasteiger partial charge in [-0.05, 0) is 63.1 Å². The molecule has 1 aromatic carbocycles. The Labute approximate surface area is 264 Å². The van der Waals surface area contributed by atoms with Crippen LogP contribution in [0.4, 0.5) is 13.2 Å². The lowest BCUT2D eigenvalue weighted by Crippen LogP contribution is -2.52. The summed E-state index contributed by atoms with van der Waals surface area (Å²) in [5.41, 5.74) is 3.65. The van der Waals surface area contributed by atoms with Crippen LogP contribution in [0.2, 0.25) is 0 Å². The minimum atomic E-state index is -2.97. The van der Waals surface area contributed by atoms with E-state index in [9.17, 15) is 22.8 Å². The van der Waals surface area contributed by atoms with E-state index in [1.165, 1.54) is 7.11 Å². The van der Waals surface area contributed by atoms with Crippen molar-refractivity contribution in [2.24, 2.45) is 18.9 Å². The second-order valence-electron chi connectivity index (χ2n) is 12.8. The van der Waals surface area contributed by atoms with Gasteiger partial charge in [-0.25, -0.2) is 23.1 Å². The molecule has 1 saturated carbocycles. The number of benzene rings is 1. The summed E-state index contributed by atoms with van der Waals surface area (Å²) in [6.07, 6.45) is 1.58. The number of ether oxygens (including phenoxy) is 1. The third-order valence-corrected chi connectivity index (χ3v) is 9.81. The summed E-state index contributed by atoms with van der Waals surface area (Å²) in [5.74, 6) is -5.10. The number of hydrogen-bond donors (Lipinski definition) is 3. The topological polar surface area (TPSA) is 115 Å². The molecule has 13 heteroatoms. The van der Waals surface area contributed by atoms with Gasteiger partial charge in [0.2, 0.25) is 5.91 Å². The molecule has 2 bridgehead atoms. The molecule has 46 heavy (non-hydrogen) atoms. The monoisotopic (exact) mass is 637 g/mol. The van der Waals surface area contributed by atoms with E-state index < -0.39 is 47.8 Å². The molecule has 3 aromatic heterocycles. The van der Waals surface area contributed by atoms with Crippen molar-refractivity contribution in [3.8, 4) is 17.3 Å². The Morgan fingerprint density at radius 1 is 1.13 bits per heavy atom. The molecule has 1 aliphatic carbocycles. The highest BCUT2D eigenvalue weighted by Gasteiger charge is 2.71. The molecule has 5 heterocycles. The Morgan fingerprint density at radius 2 is 1.96 bits per heavy atom. The zero-order valence-corrected chi connectivity index (χ0v) is 26.1. The number of piperidine rings is 1. The number of alkyl halides is 3. The van der Waals surface area contributed by atoms with Crippen molar-refractivity contribution in [3.63, 3.8) is 0 Å². The maximum atomic E-state index is 14.5. The lowest BCUT2D eigenvalue weighted by Gasteiger charge is -2.27. The maximum absolute atomic E-state index is 14.5. The molecule has 1 saturated heterocycles. The van der Waals surface area contributed by atoms with Crippen molar-refractivity contribution in [1.29, 1.82) is 0 Å². The lowest BCUT2D eigenvalue weighted by atomic mass is 10.0. The molecule has 7 rings (SSSR count). The van der Waals surface area contributed by atoms with E-state index in [1.807, 2.05) is 29.8 Å². The van der Waals surface area contributed by atoms with E-state index in [4.69, 9.17) is 14.7 Å². The summed E-state index contributed by atoms with van der Waals surface area (Å²) >= 11 is 0. The van der Waals surface area contributed by atoms with Crippen molar-refractivity contribution in [2.75, 3.05) is 20.2 Å². The number of fused-ring (bicyclic) bond motifs is 3. The normalized spacial score (nSPS) is 26.4. The molecule has 3 N–H and O–H groups in total. The lowest BCUT2D eigenvalue weighted by molar-refractivity contribution is -0.125. The Kier molecular flexibility index (Phi) is 7.69. The van der Waals surface area contributed by atoms with E-state index >= 15 is 0 Å². The van der Waals surface area contributed by atoms with Gasteiger partial charge in [0.25, 0.3) is 11.8 Å². The number of imidazole rings is 1. The summed E-state index contributed by atoms with van der Waals surface area (Å²) in [6.45, 7) is 3.28. The molecule has 5 atom stereocenters. The van der Waals surface area contributed by atoms with Gasteiger partial charge >= 0.3 is 0 Å². The van der Waals surface area contributed by atoms with Gasteiger partial charge in [0.05, 0.1) is 36.1 Å². The standard InChI is InChI=1S/C33H38F3N7O3/c1-17-22-9-8-18-14-25(43(29(18)39-22)12-6-4-5-7-20-27(32(45)38-17)33(20,35)36)30-40-23-13-19(15-26(46-3)28(23)42(30)2)31(44)41-24-16-37-11-10-21(24)34/h8-9,13-15,17,20-21,24,27,37H,4-7,10-12,16H2,1-3H3,(H,38,45)(H,41,44)/t17-,20+,21+,24+,27-/m1/s1. The van der Waals surface area contributed by atoms with Crippen molar-refractivity contribution >= 4 is 33.9 Å². The number of methoxy groups -OCH3 is 1. The van der Waals surface area contributed by atoms with Crippen LogP contribution in [-0.2, 0) is 18.4 Å². The summed E-state index contributed by atoms with van der Waals surface area (Å²) in [4.78, 5) is 35.9. The molecule has 0 unspecified atom stereocenters. The van der Waals surface area contributed by atoms with Crippen LogP contribution in [0.25, 0.3) is 33.6 Å². The highest BCUT2D eigenvalue weighted by atomic mass is 19.3. The van der Waals surface area contributed by atoms with Crippen LogP contribution in [0, 0.1) is 11.8 Å². The fourth-order valence-corrected chi connectivity index (χ4v) is 7.14. The number of aryl methyl sites for hydroxylation is 2. The van der Waals surface area contributed by atoms with Crippen molar-refractivity contribution in [3.05, 3.63) is 41.6 Å². The first-order chi connectivity index (χ1) is 22.1. The third kappa shape index (κ3) is 5.18. The molecule has 10 nitrogen and oxygen atoms in total. The van der Waals surface area contributed by atoms with Gasteiger partial charge < -0.3 is 29.8 Å². The van der Waals surface area contributed by atoms with E-state index in [-0.39, 0.29) is 0 Å². The molecular weight excluding hydrogens is 599 g/mol. The van der Waals surface area contributed by atoms with Crippen molar-refractivity contribution < 1.29 is 27.5 Å². The molecule has 2 amide bonds. The SMILES string of the molecule is COc1cc(C(=O)N[C@H]2CNCC[C@@H]2F)cc2nc(-c3cc4ccc5nc4n3CCCCC[C@H]3[C@H](C(=O)N[C@@H]5C)C3(F)F)n(C)c12. The number of pyridine rings is 1. The minimum absolute atomic E-state index is 0.306. The van der Waals surface area contributed by atoms with Crippen LogP contribution in [0.5, 0.6) is 5.75 Å². The van der Waals surface area contributed by atoms with Gasteiger partial charge in [0, 0.05) is 37.0 Å². The molecule has 0 radical (unpaired) electrons. The van der Waals surface area contributed by atoms with Gasteiger partial charge in [-0.15, -0.1) is 0 Å². The number of halogens is 3. The van der Waals surface area contributed by atoms with Gasteiger partial charge in [-0.2, -0.15) is 0 Å². The fourth-order valence-electron chi connectivity index (χ4n) is 7.14. The number of hydrogen-bond acceptors (Lipinski definition) is 6. The van der Waals surface area contributed by atoms with Gasteiger partial charge in [0.1, 0.15) is 29.0 Å². The van der Waals surface area contributed by atoms with E-state index in [0.29, 0.717) is 78.4 Å². The van der Waals surface area contributed by atoms with Gasteiger partial charge in [-0.1, -0.05) is 12.8 Å². The molecular formula is C33H38F3N7O3. The molecule has 2 aliphatic heterocycles. The van der Waals surface area contributed by atoms with Crippen LogP contribution < -0.4 is 20.7 Å². The smallest absolute Gasteiger partial charge is 0.263 e. The quantitative estimate of drug-likeness (QED) is 0.300. The van der Waals surface area contributed by atoms with E-state index in [2.05, 4.69) is 20.5 Å². The van der Waals surface area contributed by atoms with Crippen LogP contribution in [0.15, 0.2) is 30.3 Å². The largest absolute Gasteiger partial charge is 0.494 e. The van der Waals surface area contributed by atoms with Crippen LogP contribution >= 0.6 is 0 Å². The third-order valence-electron chi connectivity index (χ3n) is 9.81. The number of carbonyl (C=O) groups excluding carboxylic acids is 2. The van der Waals surface area contributed by atoms with Crippen LogP contribution in [0.3, 0.4) is 0 Å². The maximum Gasteiger partial charge on any atom is 0.263 e. The number of nitrogens with zero attached hydrogens (tertiary/aromatic N) is 4. The number of rotatable bonds is 4. The molecule has 244 valence electrons. The van der Waals surface area contributed by atoms with Gasteiger partial charge in [0.15, 0.2) is 5.82 Å². The second-order valence-corrected chi connectivity index (χ2v) is 12.8. The number of carbonyl (C=O) groups is 2. The van der Waals surface area contributed by atoms with Crippen LogP contribution in [-0.4, -0.2) is 69.3 Å². The van der Waals surface area contributed by atoms with E-state index in [1.54, 1.807) is 19.1 Å². The summed E-state index contributed by atoms with van der Waals surface area (Å²) in [7, 11) is 3.41. The Hall–Kier alpha value is -4.13. The molecule has 3 aliphatic rings. The number of nitrogens with one attached hydrogen (secondary N) is 3. The highest BCUT2D eigenvalue weighted by molar-refractivity contribution is 6.00. The first kappa shape index (κ1) is 30.5. The first-order valence-corrected chi connectivity index (χ1v) is 16.0. The summed E-state index contributed by atoms with van der Waals surface area (Å²) in [6, 6.07) is 7.90. The summed E-state index contributed by atoms with van der Waals surface area (Å²) in [5, 5.41) is 9.56. The predicted molar refractivity (Wildman–Crippen MR) is 167 cm³/mol. The average Bonchev–Trinajstić information content (AvgIpc) is 3.26. The number of amides is 2. The first-order valence-electron chi connectivity index (χ1n) is 16.0. The highest BCUT2D eigenvalue weighted by Crippen LogP contribution is 2.58. The Morgan fingerprint density at radius 3 is 2.74 bits per heavy atom. The predicted octanol–water partition coefficient (Wildman–Crippen LogP) is 4.66. The zero-order valence-electron chi connectivity index (χ0n) is 26.1. The van der Waals surface area contributed by atoms with E-state index in [0.717, 1.165) is 23.9 Å². The zero-order chi connectivity index (χ0) is 32.3. The van der Waals surface area contributed by atoms with Crippen molar-refractivity contribution in [1.82, 2.24) is 35.1 Å². The second kappa shape index (κ2) is 11.6. The minimum Gasteiger partial charge on any atom is -0.494 e. The fraction of sp³-hybridized carbons (Fsp3) is 0.515. The van der Waals surface area contributed by atoms with Crippen molar-refractivity contribution in [2.45, 2.75) is 69.8 Å². The molecule has 2 fully saturated rings. The number of aromatic nitrogens is 4. The average molecular weight is 638 g/mol. The molecule has 4 aromatic rings. The van der Waals surface area contributed by atoms with Gasteiger partial charge in [-0.3, -0.25) is 9.59 Å².